The first kappa shape index (κ1) is 11.8. The fourth-order valence-corrected chi connectivity index (χ4v) is 2.64. The van der Waals surface area contributed by atoms with Gasteiger partial charge in [-0.3, -0.25) is 0 Å². The third-order valence-corrected chi connectivity index (χ3v) is 3.36. The van der Waals surface area contributed by atoms with E-state index in [-0.39, 0.29) is 10.5 Å². The Balaban J connectivity index is 3.67. The summed E-state index contributed by atoms with van der Waals surface area (Å²) in [6.45, 7) is 1.73. The summed E-state index contributed by atoms with van der Waals surface area (Å²) in [6, 6.07) is 4.51. The Hall–Kier alpha value is -1.25. The fourth-order valence-electron chi connectivity index (χ4n) is 1.25. The van der Waals surface area contributed by atoms with Gasteiger partial charge in [0.25, 0.3) is 9.05 Å². The molecule has 80 valence electrons. The Bertz CT molecular complexity index is 531. The molecular weight excluding hydrogens is 238 g/mol. The molecule has 0 unspecified atom stereocenters. The second-order valence-electron chi connectivity index (χ2n) is 2.85. The summed E-state index contributed by atoms with van der Waals surface area (Å²) in [4.78, 5) is -0.370. The summed E-state index contributed by atoms with van der Waals surface area (Å²) in [5.41, 5.74) is 0.285. The minimum Gasteiger partial charge on any atom is -0.505 e. The quantitative estimate of drug-likeness (QED) is 0.806. The second-order valence-corrected chi connectivity index (χ2v) is 5.36. The maximum absolute atomic E-state index is 11.2. The number of halogens is 1. The Kier molecular flexibility index (Phi) is 3.22. The van der Waals surface area contributed by atoms with Crippen molar-refractivity contribution in [3.8, 4) is 11.8 Å². The molecule has 0 heterocycles. The lowest BCUT2D eigenvalue weighted by Crippen LogP contribution is -1.99. The van der Waals surface area contributed by atoms with Crippen molar-refractivity contribution in [1.82, 2.24) is 0 Å². The zero-order chi connectivity index (χ0) is 11.6. The van der Waals surface area contributed by atoms with Gasteiger partial charge >= 0.3 is 0 Å². The molecular formula is C9H8ClNO3S. The van der Waals surface area contributed by atoms with Crippen LogP contribution in [-0.2, 0) is 15.5 Å². The Labute approximate surface area is 92.1 Å². The third-order valence-electron chi connectivity index (χ3n) is 1.96. The van der Waals surface area contributed by atoms with Crippen LogP contribution in [-0.4, -0.2) is 13.5 Å². The maximum atomic E-state index is 11.2. The number of rotatable bonds is 2. The Morgan fingerprint density at radius 3 is 2.53 bits per heavy atom. The SMILES string of the molecule is CCc1ccc(C#N)c(O)c1S(=O)(=O)Cl. The van der Waals surface area contributed by atoms with Crippen molar-refractivity contribution in [3.63, 3.8) is 0 Å². The van der Waals surface area contributed by atoms with Crippen LogP contribution in [0.15, 0.2) is 17.0 Å². The highest BCUT2D eigenvalue weighted by atomic mass is 35.7. The molecule has 0 radical (unpaired) electrons. The summed E-state index contributed by atoms with van der Waals surface area (Å²) < 4.78 is 22.4. The molecule has 4 nitrogen and oxygen atoms in total. The molecule has 1 N–H and O–H groups in total. The highest BCUT2D eigenvalue weighted by Crippen LogP contribution is 2.32. The van der Waals surface area contributed by atoms with Crippen LogP contribution < -0.4 is 0 Å². The molecule has 0 aliphatic rings. The normalized spacial score (nSPS) is 11.0. The molecule has 0 bridgehead atoms. The van der Waals surface area contributed by atoms with Gasteiger partial charge in [-0.15, -0.1) is 0 Å². The van der Waals surface area contributed by atoms with Crippen molar-refractivity contribution in [3.05, 3.63) is 23.3 Å². The van der Waals surface area contributed by atoms with Crippen molar-refractivity contribution < 1.29 is 13.5 Å². The lowest BCUT2D eigenvalue weighted by molar-refractivity contribution is 0.456. The highest BCUT2D eigenvalue weighted by molar-refractivity contribution is 8.13. The van der Waals surface area contributed by atoms with Crippen molar-refractivity contribution in [2.24, 2.45) is 0 Å². The summed E-state index contributed by atoms with van der Waals surface area (Å²) in [6.07, 6.45) is 0.403. The minimum absolute atomic E-state index is 0.105. The summed E-state index contributed by atoms with van der Waals surface area (Å²) in [7, 11) is 1.14. The number of phenols is 1. The number of nitriles is 1. The number of phenolic OH excluding ortho intramolecular Hbond substituents is 1. The van der Waals surface area contributed by atoms with Crippen LogP contribution in [0.3, 0.4) is 0 Å². The molecule has 1 aromatic carbocycles. The zero-order valence-corrected chi connectivity index (χ0v) is 9.43. The minimum atomic E-state index is -4.04. The number of nitrogens with zero attached hydrogens (tertiary/aromatic N) is 1. The topological polar surface area (TPSA) is 78.2 Å². The van der Waals surface area contributed by atoms with Gasteiger partial charge in [0.15, 0.2) is 5.75 Å². The van der Waals surface area contributed by atoms with E-state index in [1.165, 1.54) is 12.1 Å². The molecule has 1 rings (SSSR count). The molecule has 0 aromatic heterocycles. The van der Waals surface area contributed by atoms with Gasteiger partial charge in [-0.25, -0.2) is 8.42 Å². The van der Waals surface area contributed by atoms with Gasteiger partial charge in [0.05, 0.1) is 5.56 Å². The van der Waals surface area contributed by atoms with Gasteiger partial charge in [-0.1, -0.05) is 13.0 Å². The molecule has 0 aliphatic heterocycles. The van der Waals surface area contributed by atoms with Gasteiger partial charge in [0.1, 0.15) is 11.0 Å². The molecule has 6 heteroatoms. The number of benzene rings is 1. The molecule has 0 saturated carbocycles. The third kappa shape index (κ3) is 2.22. The van der Waals surface area contributed by atoms with Gasteiger partial charge in [0.2, 0.25) is 0 Å². The van der Waals surface area contributed by atoms with Crippen LogP contribution in [0.2, 0.25) is 0 Å². The number of hydrogen-bond acceptors (Lipinski definition) is 4. The van der Waals surface area contributed by atoms with E-state index in [2.05, 4.69) is 0 Å². The molecule has 0 aliphatic carbocycles. The first-order valence-corrected chi connectivity index (χ1v) is 6.42. The lowest BCUT2D eigenvalue weighted by atomic mass is 10.1. The average Bonchev–Trinajstić information content (AvgIpc) is 2.15. The van der Waals surface area contributed by atoms with Crippen LogP contribution in [0.5, 0.6) is 5.75 Å². The molecule has 1 aromatic rings. The van der Waals surface area contributed by atoms with Gasteiger partial charge in [0, 0.05) is 10.7 Å². The van der Waals surface area contributed by atoms with Crippen LogP contribution >= 0.6 is 10.7 Å². The van der Waals surface area contributed by atoms with E-state index in [4.69, 9.17) is 15.9 Å². The zero-order valence-electron chi connectivity index (χ0n) is 7.86. The molecule has 0 atom stereocenters. The Morgan fingerprint density at radius 2 is 2.13 bits per heavy atom. The van der Waals surface area contributed by atoms with Crippen LogP contribution in [0.25, 0.3) is 0 Å². The molecule has 0 saturated heterocycles. The average molecular weight is 246 g/mol. The highest BCUT2D eigenvalue weighted by Gasteiger charge is 2.22. The fraction of sp³-hybridized carbons (Fsp3) is 0.222. The van der Waals surface area contributed by atoms with E-state index < -0.39 is 14.8 Å². The predicted molar refractivity (Wildman–Crippen MR) is 55.2 cm³/mol. The van der Waals surface area contributed by atoms with Gasteiger partial charge < -0.3 is 5.11 Å². The van der Waals surface area contributed by atoms with Gasteiger partial charge in [-0.05, 0) is 18.1 Å². The van der Waals surface area contributed by atoms with Crippen LogP contribution in [0, 0.1) is 11.3 Å². The Morgan fingerprint density at radius 1 is 1.53 bits per heavy atom. The number of aryl methyl sites for hydroxylation is 1. The molecule has 0 amide bonds. The monoisotopic (exact) mass is 245 g/mol. The summed E-state index contributed by atoms with van der Waals surface area (Å²) in [5.74, 6) is -0.577. The number of hydrogen-bond donors (Lipinski definition) is 1. The van der Waals surface area contributed by atoms with Crippen LogP contribution in [0.1, 0.15) is 18.1 Å². The van der Waals surface area contributed by atoms with E-state index in [1.54, 1.807) is 13.0 Å². The maximum Gasteiger partial charge on any atom is 0.265 e. The smallest absolute Gasteiger partial charge is 0.265 e. The summed E-state index contributed by atoms with van der Waals surface area (Å²) >= 11 is 0. The lowest BCUT2D eigenvalue weighted by Gasteiger charge is -2.07. The van der Waals surface area contributed by atoms with Crippen molar-refractivity contribution >= 4 is 19.7 Å². The molecule has 0 spiro atoms. The van der Waals surface area contributed by atoms with Crippen molar-refractivity contribution in [1.29, 1.82) is 5.26 Å². The summed E-state index contributed by atoms with van der Waals surface area (Å²) in [5, 5.41) is 18.2. The van der Waals surface area contributed by atoms with Crippen LogP contribution in [0.4, 0.5) is 0 Å². The first-order valence-electron chi connectivity index (χ1n) is 4.11. The molecule has 15 heavy (non-hydrogen) atoms. The number of aromatic hydroxyl groups is 1. The van der Waals surface area contributed by atoms with E-state index in [0.29, 0.717) is 12.0 Å². The molecule has 0 fully saturated rings. The van der Waals surface area contributed by atoms with Crippen molar-refractivity contribution in [2.45, 2.75) is 18.2 Å². The van der Waals surface area contributed by atoms with E-state index >= 15 is 0 Å². The second kappa shape index (κ2) is 4.09. The van der Waals surface area contributed by atoms with E-state index in [9.17, 15) is 13.5 Å². The van der Waals surface area contributed by atoms with E-state index in [1.807, 2.05) is 0 Å². The van der Waals surface area contributed by atoms with E-state index in [0.717, 1.165) is 0 Å². The van der Waals surface area contributed by atoms with Crippen molar-refractivity contribution in [2.75, 3.05) is 0 Å². The van der Waals surface area contributed by atoms with Gasteiger partial charge in [-0.2, -0.15) is 5.26 Å². The standard InChI is InChI=1S/C9H8ClNO3S/c1-2-6-3-4-7(5-11)8(12)9(6)15(10,13)14/h3-4,12H,2H2,1H3. The first-order chi connectivity index (χ1) is 6.91. The largest absolute Gasteiger partial charge is 0.505 e. The predicted octanol–water partition coefficient (Wildman–Crippen LogP) is 1.75.